The Bertz CT molecular complexity index is 166. The molecule has 0 aromatic heterocycles. The van der Waals surface area contributed by atoms with Crippen molar-refractivity contribution in [3.05, 3.63) is 0 Å². The van der Waals surface area contributed by atoms with Crippen LogP contribution in [0.3, 0.4) is 0 Å². The van der Waals surface area contributed by atoms with E-state index in [0.29, 0.717) is 12.6 Å². The summed E-state index contributed by atoms with van der Waals surface area (Å²) in [6.07, 6.45) is 3.24. The second-order valence-electron chi connectivity index (χ2n) is 3.58. The van der Waals surface area contributed by atoms with E-state index in [2.05, 4.69) is 10.6 Å². The van der Waals surface area contributed by atoms with Crippen LogP contribution in [0.25, 0.3) is 0 Å². The third kappa shape index (κ3) is 4.58. The summed E-state index contributed by atoms with van der Waals surface area (Å²) < 4.78 is 5.04. The minimum atomic E-state index is 0.0127. The van der Waals surface area contributed by atoms with Gasteiger partial charge in [0.2, 0.25) is 5.91 Å². The summed E-state index contributed by atoms with van der Waals surface area (Å²) in [5.74, 6) is 0.0127. The largest absolute Gasteiger partial charge is 0.372 e. The highest BCUT2D eigenvalue weighted by Gasteiger charge is 2.13. The lowest BCUT2D eigenvalue weighted by molar-refractivity contribution is -0.126. The van der Waals surface area contributed by atoms with Crippen LogP contribution in [-0.4, -0.2) is 38.3 Å². The SMILES string of the molecule is CCOCC(=O)NC1CCCNCC1. The number of amides is 1. The van der Waals surface area contributed by atoms with Gasteiger partial charge in [0.15, 0.2) is 0 Å². The minimum absolute atomic E-state index is 0.0127. The average Bonchev–Trinajstić information content (AvgIpc) is 2.43. The van der Waals surface area contributed by atoms with Gasteiger partial charge in [-0.2, -0.15) is 0 Å². The van der Waals surface area contributed by atoms with Crippen molar-refractivity contribution in [3.63, 3.8) is 0 Å². The topological polar surface area (TPSA) is 50.4 Å². The third-order valence-electron chi connectivity index (χ3n) is 2.38. The molecule has 4 nitrogen and oxygen atoms in total. The molecule has 0 bridgehead atoms. The Morgan fingerprint density at radius 1 is 1.50 bits per heavy atom. The van der Waals surface area contributed by atoms with E-state index in [9.17, 15) is 4.79 Å². The first-order valence-electron chi connectivity index (χ1n) is 5.40. The Kier molecular flexibility index (Phi) is 5.56. The number of hydrogen-bond donors (Lipinski definition) is 2. The zero-order valence-electron chi connectivity index (χ0n) is 8.84. The van der Waals surface area contributed by atoms with Crippen molar-refractivity contribution in [2.75, 3.05) is 26.3 Å². The standard InChI is InChI=1S/C10H20N2O2/c1-2-14-8-10(13)12-9-4-3-6-11-7-5-9/h9,11H,2-8H2,1H3,(H,12,13). The van der Waals surface area contributed by atoms with E-state index < -0.39 is 0 Å². The first-order chi connectivity index (χ1) is 6.83. The predicted octanol–water partition coefficient (Wildman–Crippen LogP) is 0.281. The van der Waals surface area contributed by atoms with Crippen molar-refractivity contribution >= 4 is 5.91 Å². The van der Waals surface area contributed by atoms with Crippen molar-refractivity contribution in [2.24, 2.45) is 0 Å². The molecule has 14 heavy (non-hydrogen) atoms. The molecule has 0 spiro atoms. The molecule has 1 aliphatic heterocycles. The van der Waals surface area contributed by atoms with Gasteiger partial charge in [-0.05, 0) is 39.3 Å². The maximum atomic E-state index is 11.3. The van der Waals surface area contributed by atoms with Gasteiger partial charge in [-0.3, -0.25) is 4.79 Å². The molecule has 1 amide bonds. The molecule has 82 valence electrons. The number of ether oxygens (including phenoxy) is 1. The van der Waals surface area contributed by atoms with Crippen molar-refractivity contribution in [2.45, 2.75) is 32.2 Å². The van der Waals surface area contributed by atoms with Crippen LogP contribution in [0.15, 0.2) is 0 Å². The van der Waals surface area contributed by atoms with Gasteiger partial charge in [-0.25, -0.2) is 0 Å². The van der Waals surface area contributed by atoms with Crippen LogP contribution in [0.5, 0.6) is 0 Å². The summed E-state index contributed by atoms with van der Waals surface area (Å²) in [6.45, 7) is 4.75. The summed E-state index contributed by atoms with van der Waals surface area (Å²) in [6, 6.07) is 0.331. The molecule has 2 N–H and O–H groups in total. The molecule has 4 heteroatoms. The normalized spacial score (nSPS) is 22.8. The van der Waals surface area contributed by atoms with E-state index in [4.69, 9.17) is 4.74 Å². The maximum absolute atomic E-state index is 11.3. The Balaban J connectivity index is 2.17. The van der Waals surface area contributed by atoms with Crippen molar-refractivity contribution < 1.29 is 9.53 Å². The lowest BCUT2D eigenvalue weighted by Gasteiger charge is -2.15. The van der Waals surface area contributed by atoms with Crippen LogP contribution >= 0.6 is 0 Å². The van der Waals surface area contributed by atoms with Crippen LogP contribution in [0.1, 0.15) is 26.2 Å². The van der Waals surface area contributed by atoms with Gasteiger partial charge in [0, 0.05) is 12.6 Å². The molecule has 0 aromatic carbocycles. The van der Waals surface area contributed by atoms with Crippen LogP contribution in [0.4, 0.5) is 0 Å². The first kappa shape index (κ1) is 11.5. The minimum Gasteiger partial charge on any atom is -0.372 e. The van der Waals surface area contributed by atoms with Crippen LogP contribution in [-0.2, 0) is 9.53 Å². The van der Waals surface area contributed by atoms with E-state index in [1.54, 1.807) is 0 Å². The van der Waals surface area contributed by atoms with E-state index in [0.717, 1.165) is 32.4 Å². The van der Waals surface area contributed by atoms with Gasteiger partial charge >= 0.3 is 0 Å². The number of carbonyl (C=O) groups excluding carboxylic acids is 1. The predicted molar refractivity (Wildman–Crippen MR) is 55.1 cm³/mol. The second-order valence-corrected chi connectivity index (χ2v) is 3.58. The second kappa shape index (κ2) is 6.79. The number of rotatable bonds is 4. The van der Waals surface area contributed by atoms with Gasteiger partial charge in [-0.1, -0.05) is 0 Å². The summed E-state index contributed by atoms with van der Waals surface area (Å²) in [4.78, 5) is 11.3. The fourth-order valence-corrected chi connectivity index (χ4v) is 1.63. The highest BCUT2D eigenvalue weighted by molar-refractivity contribution is 5.77. The molecule has 1 heterocycles. The van der Waals surface area contributed by atoms with E-state index >= 15 is 0 Å². The van der Waals surface area contributed by atoms with Gasteiger partial charge in [0.05, 0.1) is 0 Å². The molecule has 0 saturated carbocycles. The Hall–Kier alpha value is -0.610. The Labute approximate surface area is 85.4 Å². The number of nitrogens with one attached hydrogen (secondary N) is 2. The van der Waals surface area contributed by atoms with Crippen molar-refractivity contribution in [1.82, 2.24) is 10.6 Å². The molecule has 1 unspecified atom stereocenters. The molecule has 1 aliphatic rings. The van der Waals surface area contributed by atoms with E-state index in [-0.39, 0.29) is 12.5 Å². The molecular formula is C10H20N2O2. The van der Waals surface area contributed by atoms with Gasteiger partial charge in [0.1, 0.15) is 6.61 Å². The zero-order valence-corrected chi connectivity index (χ0v) is 8.84. The zero-order chi connectivity index (χ0) is 10.2. The summed E-state index contributed by atoms with van der Waals surface area (Å²) in [5.41, 5.74) is 0. The van der Waals surface area contributed by atoms with Gasteiger partial charge < -0.3 is 15.4 Å². The average molecular weight is 200 g/mol. The van der Waals surface area contributed by atoms with Crippen LogP contribution in [0, 0.1) is 0 Å². The molecule has 0 radical (unpaired) electrons. The number of carbonyl (C=O) groups is 1. The van der Waals surface area contributed by atoms with E-state index in [1.165, 1.54) is 0 Å². The first-order valence-corrected chi connectivity index (χ1v) is 5.40. The van der Waals surface area contributed by atoms with Crippen molar-refractivity contribution in [1.29, 1.82) is 0 Å². The third-order valence-corrected chi connectivity index (χ3v) is 2.38. The van der Waals surface area contributed by atoms with Gasteiger partial charge in [-0.15, -0.1) is 0 Å². The Morgan fingerprint density at radius 3 is 3.14 bits per heavy atom. The van der Waals surface area contributed by atoms with Crippen LogP contribution < -0.4 is 10.6 Å². The highest BCUT2D eigenvalue weighted by atomic mass is 16.5. The summed E-state index contributed by atoms with van der Waals surface area (Å²) in [5, 5.41) is 6.30. The molecule has 1 saturated heterocycles. The highest BCUT2D eigenvalue weighted by Crippen LogP contribution is 2.04. The fraction of sp³-hybridized carbons (Fsp3) is 0.900. The molecule has 0 aromatic rings. The molecule has 0 aliphatic carbocycles. The van der Waals surface area contributed by atoms with Gasteiger partial charge in [0.25, 0.3) is 0 Å². The molecular weight excluding hydrogens is 180 g/mol. The maximum Gasteiger partial charge on any atom is 0.246 e. The van der Waals surface area contributed by atoms with Crippen LogP contribution in [0.2, 0.25) is 0 Å². The monoisotopic (exact) mass is 200 g/mol. The smallest absolute Gasteiger partial charge is 0.246 e. The summed E-state index contributed by atoms with van der Waals surface area (Å²) >= 11 is 0. The molecule has 1 fully saturated rings. The lowest BCUT2D eigenvalue weighted by Crippen LogP contribution is -2.37. The van der Waals surface area contributed by atoms with E-state index in [1.807, 2.05) is 6.92 Å². The van der Waals surface area contributed by atoms with Crippen molar-refractivity contribution in [3.8, 4) is 0 Å². The molecule has 1 atom stereocenters. The summed E-state index contributed by atoms with van der Waals surface area (Å²) in [7, 11) is 0. The molecule has 1 rings (SSSR count). The fourth-order valence-electron chi connectivity index (χ4n) is 1.63. The Morgan fingerprint density at radius 2 is 2.36 bits per heavy atom. The quantitative estimate of drug-likeness (QED) is 0.685. The lowest BCUT2D eigenvalue weighted by atomic mass is 10.1. The number of hydrogen-bond acceptors (Lipinski definition) is 3.